The number of aromatic nitrogens is 1. The molecule has 1 aromatic heterocycles. The van der Waals surface area contributed by atoms with Gasteiger partial charge in [-0.25, -0.2) is 0 Å². The molecule has 1 aromatic rings. The molecule has 0 radical (unpaired) electrons. The minimum absolute atomic E-state index is 0.718. The summed E-state index contributed by atoms with van der Waals surface area (Å²) in [5, 5.41) is 0. The van der Waals surface area contributed by atoms with Crippen molar-refractivity contribution in [3.63, 3.8) is 0 Å². The average Bonchev–Trinajstić information content (AvgIpc) is 2.17. The van der Waals surface area contributed by atoms with Gasteiger partial charge in [0.2, 0.25) is 0 Å². The van der Waals surface area contributed by atoms with Crippen molar-refractivity contribution in [3.8, 4) is 0 Å². The maximum absolute atomic E-state index is 5.36. The second-order valence-corrected chi connectivity index (χ2v) is 1.73. The van der Waals surface area contributed by atoms with Gasteiger partial charge in [0.1, 0.15) is 0 Å². The molecule has 0 aliphatic heterocycles. The van der Waals surface area contributed by atoms with Crippen molar-refractivity contribution >= 4 is 5.69 Å². The Morgan fingerprint density at radius 3 is 1.83 bits per heavy atom. The van der Waals surface area contributed by atoms with Crippen LogP contribution >= 0.6 is 0 Å². The summed E-state index contributed by atoms with van der Waals surface area (Å²) in [6, 6.07) is 3.72. The van der Waals surface area contributed by atoms with Gasteiger partial charge < -0.3 is 5.73 Å². The fourth-order valence-electron chi connectivity index (χ4n) is 0.479. The molecule has 1 rings (SSSR count). The van der Waals surface area contributed by atoms with E-state index in [4.69, 9.17) is 5.73 Å². The lowest BCUT2D eigenvalue weighted by atomic mass is 10.4. The van der Waals surface area contributed by atoms with E-state index < -0.39 is 0 Å². The van der Waals surface area contributed by atoms with Gasteiger partial charge in [0.25, 0.3) is 0 Å². The maximum Gasteiger partial charge on any atom is 0.0500 e. The molecule has 0 aromatic carbocycles. The molecule has 0 saturated carbocycles. The van der Waals surface area contributed by atoms with Gasteiger partial charge >= 0.3 is 0 Å². The van der Waals surface area contributed by atoms with E-state index in [2.05, 4.69) is 4.98 Å². The molecule has 0 fully saturated rings. The zero-order valence-corrected chi connectivity index (χ0v) is 8.76. The van der Waals surface area contributed by atoms with Crippen LogP contribution in [0.4, 0.5) is 5.69 Å². The van der Waals surface area contributed by atoms with E-state index in [0.717, 1.165) is 11.4 Å². The van der Waals surface area contributed by atoms with Gasteiger partial charge in [0, 0.05) is 5.69 Å². The summed E-state index contributed by atoms with van der Waals surface area (Å²) in [6.07, 6.45) is 1.65. The Morgan fingerprint density at radius 1 is 1.08 bits per heavy atom. The normalized spacial score (nSPS) is 7.08. The van der Waals surface area contributed by atoms with Gasteiger partial charge in [-0.2, -0.15) is 0 Å². The van der Waals surface area contributed by atoms with Crippen molar-refractivity contribution in [2.24, 2.45) is 0 Å². The third-order valence-corrected chi connectivity index (χ3v) is 0.934. The highest BCUT2D eigenvalue weighted by Crippen LogP contribution is 1.97. The molecule has 2 N–H and O–H groups in total. The molecule has 0 amide bonds. The Kier molecular flexibility index (Phi) is 11.2. The van der Waals surface area contributed by atoms with Crippen LogP contribution < -0.4 is 5.73 Å². The molecular weight excluding hydrogens is 148 g/mol. The molecule has 0 bridgehead atoms. The van der Waals surface area contributed by atoms with Crippen LogP contribution in [0.3, 0.4) is 0 Å². The van der Waals surface area contributed by atoms with Crippen molar-refractivity contribution in [2.45, 2.75) is 34.6 Å². The van der Waals surface area contributed by atoms with Gasteiger partial charge in [0.15, 0.2) is 0 Å². The summed E-state index contributed by atoms with van der Waals surface area (Å²) < 4.78 is 0. The lowest BCUT2D eigenvalue weighted by molar-refractivity contribution is 1.20. The van der Waals surface area contributed by atoms with Crippen LogP contribution in [0, 0.1) is 6.92 Å². The van der Waals surface area contributed by atoms with Crippen LogP contribution in [-0.2, 0) is 0 Å². The van der Waals surface area contributed by atoms with E-state index in [1.54, 1.807) is 6.20 Å². The predicted molar refractivity (Wildman–Crippen MR) is 56.1 cm³/mol. The molecule has 0 spiro atoms. The van der Waals surface area contributed by atoms with E-state index in [0.29, 0.717) is 0 Å². The molecule has 0 aliphatic carbocycles. The number of hydrogen-bond acceptors (Lipinski definition) is 2. The highest BCUT2D eigenvalue weighted by atomic mass is 14.7. The number of hydrogen-bond donors (Lipinski definition) is 1. The Morgan fingerprint density at radius 2 is 1.58 bits per heavy atom. The van der Waals surface area contributed by atoms with Crippen molar-refractivity contribution in [2.75, 3.05) is 5.73 Å². The maximum atomic E-state index is 5.36. The van der Waals surface area contributed by atoms with Crippen LogP contribution in [-0.4, -0.2) is 4.98 Å². The van der Waals surface area contributed by atoms with Crippen molar-refractivity contribution in [3.05, 3.63) is 24.0 Å². The fraction of sp³-hybridized carbons (Fsp3) is 0.500. The van der Waals surface area contributed by atoms with Crippen molar-refractivity contribution < 1.29 is 0 Å². The van der Waals surface area contributed by atoms with Crippen molar-refractivity contribution in [1.29, 1.82) is 0 Å². The number of nitrogens with two attached hydrogens (primary N) is 1. The van der Waals surface area contributed by atoms with Crippen LogP contribution in [0.5, 0.6) is 0 Å². The second kappa shape index (κ2) is 9.95. The van der Waals surface area contributed by atoms with Crippen LogP contribution in [0.1, 0.15) is 33.4 Å². The Labute approximate surface area is 75.8 Å². The predicted octanol–water partition coefficient (Wildman–Crippen LogP) is 3.02. The molecule has 0 unspecified atom stereocenters. The summed E-state index contributed by atoms with van der Waals surface area (Å²) in [4.78, 5) is 3.95. The van der Waals surface area contributed by atoms with E-state index in [1.165, 1.54) is 0 Å². The minimum Gasteiger partial charge on any atom is -0.397 e. The van der Waals surface area contributed by atoms with E-state index in [1.807, 2.05) is 46.8 Å². The Balaban J connectivity index is 0. The van der Waals surface area contributed by atoms with Gasteiger partial charge in [-0.1, -0.05) is 27.7 Å². The Hall–Kier alpha value is -1.05. The molecule has 70 valence electrons. The standard InChI is InChI=1S/C6H8N2.2C2H6/c1-5-2-3-6(7)4-8-5;2*1-2/h2-4H,7H2,1H3;2*1-2H3. The van der Waals surface area contributed by atoms with Crippen molar-refractivity contribution in [1.82, 2.24) is 4.98 Å². The molecule has 2 nitrogen and oxygen atoms in total. The van der Waals surface area contributed by atoms with Gasteiger partial charge in [-0.05, 0) is 19.1 Å². The molecule has 0 saturated heterocycles. The van der Waals surface area contributed by atoms with Gasteiger partial charge in [-0.15, -0.1) is 0 Å². The van der Waals surface area contributed by atoms with Crippen LogP contribution in [0.15, 0.2) is 18.3 Å². The van der Waals surface area contributed by atoms with Crippen LogP contribution in [0.25, 0.3) is 0 Å². The summed E-state index contributed by atoms with van der Waals surface area (Å²) in [7, 11) is 0. The molecule has 0 aliphatic rings. The smallest absolute Gasteiger partial charge is 0.0500 e. The minimum atomic E-state index is 0.718. The highest BCUT2D eigenvalue weighted by Gasteiger charge is 1.81. The number of rotatable bonds is 0. The second-order valence-electron chi connectivity index (χ2n) is 1.73. The first-order valence-electron chi connectivity index (χ1n) is 4.47. The highest BCUT2D eigenvalue weighted by molar-refractivity contribution is 5.34. The van der Waals surface area contributed by atoms with Gasteiger partial charge in [-0.3, -0.25) is 4.98 Å². The molecule has 12 heavy (non-hydrogen) atoms. The average molecular weight is 168 g/mol. The summed E-state index contributed by atoms with van der Waals surface area (Å²) >= 11 is 0. The zero-order chi connectivity index (χ0) is 9.98. The molecule has 2 heteroatoms. The number of nitrogen functional groups attached to an aromatic ring is 1. The summed E-state index contributed by atoms with van der Waals surface area (Å²) in [5.41, 5.74) is 7.08. The number of nitrogens with zero attached hydrogens (tertiary/aromatic N) is 1. The Bertz CT molecular complexity index is 147. The van der Waals surface area contributed by atoms with E-state index in [9.17, 15) is 0 Å². The van der Waals surface area contributed by atoms with Gasteiger partial charge in [0.05, 0.1) is 11.9 Å². The fourth-order valence-corrected chi connectivity index (χ4v) is 0.479. The van der Waals surface area contributed by atoms with E-state index >= 15 is 0 Å². The first kappa shape index (κ1) is 13.5. The summed E-state index contributed by atoms with van der Waals surface area (Å²) in [6.45, 7) is 9.93. The topological polar surface area (TPSA) is 38.9 Å². The monoisotopic (exact) mass is 168 g/mol. The zero-order valence-electron chi connectivity index (χ0n) is 8.76. The lowest BCUT2D eigenvalue weighted by Gasteiger charge is -1.89. The number of pyridine rings is 1. The number of aryl methyl sites for hydroxylation is 1. The molecule has 0 atom stereocenters. The van der Waals surface area contributed by atoms with E-state index in [-0.39, 0.29) is 0 Å². The first-order valence-corrected chi connectivity index (χ1v) is 4.47. The largest absolute Gasteiger partial charge is 0.397 e. The third-order valence-electron chi connectivity index (χ3n) is 0.934. The SMILES string of the molecule is CC.CC.Cc1ccc(N)cn1. The number of anilines is 1. The third kappa shape index (κ3) is 7.06. The van der Waals surface area contributed by atoms with Crippen LogP contribution in [0.2, 0.25) is 0 Å². The quantitative estimate of drug-likeness (QED) is 0.646. The summed E-state index contributed by atoms with van der Waals surface area (Å²) in [5.74, 6) is 0. The molecular formula is C10H20N2. The molecule has 1 heterocycles. The first-order chi connectivity index (χ1) is 5.79. The lowest BCUT2D eigenvalue weighted by Crippen LogP contribution is -1.85.